The molecular weight excluding hydrogens is 388 g/mol. The van der Waals surface area contributed by atoms with Crippen LogP contribution in [-0.2, 0) is 25.5 Å². The van der Waals surface area contributed by atoms with Crippen LogP contribution in [0.4, 0.5) is 11.4 Å². The molecule has 2 aromatic carbocycles. The molecular formula is C22H26N2O6. The summed E-state index contributed by atoms with van der Waals surface area (Å²) in [5.74, 6) is -0.451. The second-order valence-corrected chi connectivity index (χ2v) is 6.33. The van der Waals surface area contributed by atoms with Crippen LogP contribution in [0.5, 0.6) is 11.5 Å². The number of carbonyl (C=O) groups is 3. The van der Waals surface area contributed by atoms with Crippen molar-refractivity contribution in [2.75, 3.05) is 31.5 Å². The highest BCUT2D eigenvalue weighted by atomic mass is 16.5. The molecule has 0 atom stereocenters. The number of benzene rings is 2. The van der Waals surface area contributed by atoms with Gasteiger partial charge in [0, 0.05) is 18.2 Å². The predicted octanol–water partition coefficient (Wildman–Crippen LogP) is 3.17. The fourth-order valence-electron chi connectivity index (χ4n) is 2.69. The summed E-state index contributed by atoms with van der Waals surface area (Å²) in [6, 6.07) is 12.4. The van der Waals surface area contributed by atoms with Gasteiger partial charge in [-0.25, -0.2) is 0 Å². The summed E-state index contributed by atoms with van der Waals surface area (Å²) < 4.78 is 15.2. The summed E-state index contributed by atoms with van der Waals surface area (Å²) in [5.41, 5.74) is 2.17. The monoisotopic (exact) mass is 414 g/mol. The number of para-hydroxylation sites is 1. The van der Waals surface area contributed by atoms with Crippen molar-refractivity contribution in [1.82, 2.24) is 0 Å². The van der Waals surface area contributed by atoms with Gasteiger partial charge in [-0.05, 0) is 30.2 Å². The molecule has 8 nitrogen and oxygen atoms in total. The van der Waals surface area contributed by atoms with Crippen molar-refractivity contribution in [3.63, 3.8) is 0 Å². The number of hydrogen-bond acceptors (Lipinski definition) is 6. The van der Waals surface area contributed by atoms with E-state index in [-0.39, 0.29) is 18.7 Å². The van der Waals surface area contributed by atoms with Gasteiger partial charge < -0.3 is 24.8 Å². The number of rotatable bonds is 10. The summed E-state index contributed by atoms with van der Waals surface area (Å²) in [6.07, 6.45) is 0.622. The number of aryl methyl sites for hydroxylation is 1. The fourth-order valence-corrected chi connectivity index (χ4v) is 2.69. The zero-order chi connectivity index (χ0) is 21.9. The summed E-state index contributed by atoms with van der Waals surface area (Å²) in [7, 11) is 2.99. The van der Waals surface area contributed by atoms with Crippen LogP contribution in [0, 0.1) is 0 Å². The van der Waals surface area contributed by atoms with Gasteiger partial charge in [-0.15, -0.1) is 0 Å². The maximum atomic E-state index is 12.1. The van der Waals surface area contributed by atoms with Crippen LogP contribution in [-0.4, -0.2) is 38.6 Å². The van der Waals surface area contributed by atoms with E-state index in [9.17, 15) is 14.4 Å². The van der Waals surface area contributed by atoms with Gasteiger partial charge in [-0.1, -0.05) is 25.1 Å². The van der Waals surface area contributed by atoms with Gasteiger partial charge in [-0.2, -0.15) is 0 Å². The van der Waals surface area contributed by atoms with E-state index in [0.29, 0.717) is 17.2 Å². The van der Waals surface area contributed by atoms with E-state index in [1.807, 2.05) is 31.2 Å². The van der Waals surface area contributed by atoms with Gasteiger partial charge in [0.1, 0.15) is 11.5 Å². The normalized spacial score (nSPS) is 10.1. The number of amides is 2. The van der Waals surface area contributed by atoms with Gasteiger partial charge >= 0.3 is 5.97 Å². The molecule has 160 valence electrons. The number of hydrogen-bond donors (Lipinski definition) is 2. The Kier molecular flexibility index (Phi) is 8.68. The second kappa shape index (κ2) is 11.5. The lowest BCUT2D eigenvalue weighted by Gasteiger charge is -2.12. The Labute approximate surface area is 175 Å². The van der Waals surface area contributed by atoms with E-state index >= 15 is 0 Å². The van der Waals surface area contributed by atoms with Crippen LogP contribution in [0.2, 0.25) is 0 Å². The van der Waals surface area contributed by atoms with Gasteiger partial charge in [0.25, 0.3) is 5.91 Å². The predicted molar refractivity (Wildman–Crippen MR) is 113 cm³/mol. The molecule has 0 bridgehead atoms. The standard InChI is InChI=1S/C22H26N2O6/c1-4-15-7-5-6-8-17(15)23-20(25)11-12-22(27)30-14-21(26)24-18-10-9-16(28-2)13-19(18)29-3/h5-10,13H,4,11-12,14H2,1-3H3,(H,23,25)(H,24,26). The number of esters is 1. The van der Waals surface area contributed by atoms with Crippen molar-refractivity contribution < 1.29 is 28.6 Å². The fraction of sp³-hybridized carbons (Fsp3) is 0.318. The summed E-state index contributed by atoms with van der Waals surface area (Å²) in [4.78, 5) is 36.0. The third-order valence-corrected chi connectivity index (χ3v) is 4.28. The molecule has 0 aliphatic carbocycles. The van der Waals surface area contributed by atoms with Crippen LogP contribution >= 0.6 is 0 Å². The Morgan fingerprint density at radius 2 is 1.60 bits per heavy atom. The molecule has 2 amide bonds. The Bertz CT molecular complexity index is 897. The molecule has 0 saturated carbocycles. The molecule has 0 saturated heterocycles. The minimum atomic E-state index is -0.634. The molecule has 30 heavy (non-hydrogen) atoms. The molecule has 0 heterocycles. The van der Waals surface area contributed by atoms with Crippen molar-refractivity contribution in [2.45, 2.75) is 26.2 Å². The Morgan fingerprint density at radius 1 is 0.867 bits per heavy atom. The first-order valence-electron chi connectivity index (χ1n) is 9.52. The second-order valence-electron chi connectivity index (χ2n) is 6.33. The van der Waals surface area contributed by atoms with Crippen molar-refractivity contribution in [1.29, 1.82) is 0 Å². The van der Waals surface area contributed by atoms with E-state index in [2.05, 4.69) is 10.6 Å². The molecule has 0 aliphatic rings. The minimum Gasteiger partial charge on any atom is -0.497 e. The van der Waals surface area contributed by atoms with E-state index in [1.54, 1.807) is 18.2 Å². The van der Waals surface area contributed by atoms with E-state index in [0.717, 1.165) is 17.7 Å². The van der Waals surface area contributed by atoms with Crippen molar-refractivity contribution in [3.05, 3.63) is 48.0 Å². The average molecular weight is 414 g/mol. The molecule has 0 aliphatic heterocycles. The zero-order valence-corrected chi connectivity index (χ0v) is 17.3. The molecule has 8 heteroatoms. The molecule has 0 spiro atoms. The number of carbonyl (C=O) groups excluding carboxylic acids is 3. The Morgan fingerprint density at radius 3 is 2.30 bits per heavy atom. The van der Waals surface area contributed by atoms with Crippen molar-refractivity contribution in [3.8, 4) is 11.5 Å². The van der Waals surface area contributed by atoms with Crippen LogP contribution in [0.3, 0.4) is 0 Å². The van der Waals surface area contributed by atoms with E-state index < -0.39 is 18.5 Å². The number of nitrogens with one attached hydrogen (secondary N) is 2. The summed E-state index contributed by atoms with van der Waals surface area (Å²) in [6.45, 7) is 1.53. The van der Waals surface area contributed by atoms with Crippen molar-refractivity contribution >= 4 is 29.2 Å². The first-order chi connectivity index (χ1) is 14.5. The molecule has 0 unspecified atom stereocenters. The summed E-state index contributed by atoms with van der Waals surface area (Å²) >= 11 is 0. The molecule has 2 N–H and O–H groups in total. The highest BCUT2D eigenvalue weighted by Crippen LogP contribution is 2.28. The highest BCUT2D eigenvalue weighted by Gasteiger charge is 2.13. The van der Waals surface area contributed by atoms with Crippen molar-refractivity contribution in [2.24, 2.45) is 0 Å². The molecule has 0 radical (unpaired) electrons. The maximum absolute atomic E-state index is 12.1. The lowest BCUT2D eigenvalue weighted by Crippen LogP contribution is -2.22. The molecule has 2 aromatic rings. The third kappa shape index (κ3) is 6.80. The van der Waals surface area contributed by atoms with Gasteiger partial charge in [0.2, 0.25) is 5.91 Å². The summed E-state index contributed by atoms with van der Waals surface area (Å²) in [5, 5.41) is 5.39. The molecule has 2 rings (SSSR count). The van der Waals surface area contributed by atoms with E-state index in [1.165, 1.54) is 14.2 Å². The van der Waals surface area contributed by atoms with Crippen LogP contribution in [0.25, 0.3) is 0 Å². The lowest BCUT2D eigenvalue weighted by atomic mass is 10.1. The molecule has 0 aromatic heterocycles. The average Bonchev–Trinajstić information content (AvgIpc) is 2.76. The lowest BCUT2D eigenvalue weighted by molar-refractivity contribution is -0.147. The minimum absolute atomic E-state index is 0.0369. The SMILES string of the molecule is CCc1ccccc1NC(=O)CCC(=O)OCC(=O)Nc1ccc(OC)cc1OC. The quantitative estimate of drug-likeness (QED) is 0.579. The number of anilines is 2. The Balaban J connectivity index is 1.76. The topological polar surface area (TPSA) is 103 Å². The molecule has 0 fully saturated rings. The first-order valence-corrected chi connectivity index (χ1v) is 9.52. The smallest absolute Gasteiger partial charge is 0.306 e. The number of methoxy groups -OCH3 is 2. The number of ether oxygens (including phenoxy) is 3. The Hall–Kier alpha value is -3.55. The van der Waals surface area contributed by atoms with Gasteiger partial charge in [-0.3, -0.25) is 14.4 Å². The maximum Gasteiger partial charge on any atom is 0.306 e. The van der Waals surface area contributed by atoms with Crippen LogP contribution < -0.4 is 20.1 Å². The van der Waals surface area contributed by atoms with Gasteiger partial charge in [0.15, 0.2) is 6.61 Å². The third-order valence-electron chi connectivity index (χ3n) is 4.28. The van der Waals surface area contributed by atoms with Crippen LogP contribution in [0.1, 0.15) is 25.3 Å². The van der Waals surface area contributed by atoms with E-state index in [4.69, 9.17) is 14.2 Å². The van der Waals surface area contributed by atoms with Crippen LogP contribution in [0.15, 0.2) is 42.5 Å². The largest absolute Gasteiger partial charge is 0.497 e. The van der Waals surface area contributed by atoms with Gasteiger partial charge in [0.05, 0.1) is 26.3 Å². The first kappa shape index (κ1) is 22.7. The zero-order valence-electron chi connectivity index (χ0n) is 17.3. The highest BCUT2D eigenvalue weighted by molar-refractivity contribution is 5.95.